The highest BCUT2D eigenvalue weighted by Crippen LogP contribution is 2.33. The van der Waals surface area contributed by atoms with Gasteiger partial charge < -0.3 is 0 Å². The number of piperidine rings is 1. The minimum atomic E-state index is -3.65. The van der Waals surface area contributed by atoms with Gasteiger partial charge in [0, 0.05) is 24.1 Å². The van der Waals surface area contributed by atoms with Crippen LogP contribution in [-0.4, -0.2) is 43.5 Å². The predicted molar refractivity (Wildman–Crippen MR) is 131 cm³/mol. The summed E-state index contributed by atoms with van der Waals surface area (Å²) in [5.74, 6) is 0.149. The average molecular weight is 480 g/mol. The quantitative estimate of drug-likeness (QED) is 0.355. The van der Waals surface area contributed by atoms with Crippen LogP contribution in [0.25, 0.3) is 0 Å². The van der Waals surface area contributed by atoms with E-state index in [1.165, 1.54) is 0 Å². The minimum absolute atomic E-state index is 0. The summed E-state index contributed by atoms with van der Waals surface area (Å²) in [6.07, 6.45) is 3.44. The maximum Gasteiger partial charge on any atom is 0.270 e. The minimum Gasteiger partial charge on any atom is -0.300 e. The molecule has 1 saturated heterocycles. The first-order chi connectivity index (χ1) is 14.8. The van der Waals surface area contributed by atoms with Crippen LogP contribution in [0.1, 0.15) is 68.0 Å². The molecule has 0 spiro atoms. The molecule has 2 aromatic carbocycles. The van der Waals surface area contributed by atoms with E-state index in [9.17, 15) is 13.2 Å². The van der Waals surface area contributed by atoms with Crippen molar-refractivity contribution in [3.63, 3.8) is 0 Å². The van der Waals surface area contributed by atoms with Gasteiger partial charge in [-0.2, -0.15) is 8.42 Å². The van der Waals surface area contributed by atoms with Crippen LogP contribution < -0.4 is 0 Å². The molecule has 1 heterocycles. The number of hydrogen-bond acceptors (Lipinski definition) is 5. The van der Waals surface area contributed by atoms with Crippen LogP contribution in [-0.2, 0) is 14.3 Å². The van der Waals surface area contributed by atoms with Gasteiger partial charge in [0.1, 0.15) is 6.10 Å². The molecule has 1 aliphatic rings. The van der Waals surface area contributed by atoms with E-state index in [4.69, 9.17) is 4.18 Å². The molecule has 32 heavy (non-hydrogen) atoms. The third-order valence-corrected chi connectivity index (χ3v) is 7.88. The van der Waals surface area contributed by atoms with Crippen molar-refractivity contribution < 1.29 is 17.4 Å². The van der Waals surface area contributed by atoms with E-state index in [1.54, 1.807) is 13.8 Å². The van der Waals surface area contributed by atoms with Crippen LogP contribution in [0.3, 0.4) is 0 Å². The first-order valence-electron chi connectivity index (χ1n) is 11.0. The van der Waals surface area contributed by atoms with E-state index < -0.39 is 21.5 Å². The zero-order chi connectivity index (χ0) is 22.4. The summed E-state index contributed by atoms with van der Waals surface area (Å²) in [5.41, 5.74) is 1.61. The number of halogens is 1. The Labute approximate surface area is 198 Å². The first-order valence-corrected chi connectivity index (χ1v) is 12.5. The molecule has 176 valence electrons. The van der Waals surface area contributed by atoms with Gasteiger partial charge in [-0.25, -0.2) is 0 Å². The number of likely N-dealkylation sites (tertiary alicyclic amines) is 1. The molecule has 0 radical (unpaired) electrons. The fourth-order valence-electron chi connectivity index (χ4n) is 4.20. The molecular formula is C25H34ClNO4S. The summed E-state index contributed by atoms with van der Waals surface area (Å²) in [7, 11) is -1.61. The Hall–Kier alpha value is -1.73. The van der Waals surface area contributed by atoms with Crippen molar-refractivity contribution in [1.29, 1.82) is 0 Å². The van der Waals surface area contributed by atoms with Crippen LogP contribution in [0.2, 0.25) is 0 Å². The number of carbonyl (C=O) groups is 1. The second-order valence-corrected chi connectivity index (χ2v) is 10.8. The van der Waals surface area contributed by atoms with Crippen molar-refractivity contribution in [3.05, 3.63) is 71.8 Å². The zero-order valence-corrected chi connectivity index (χ0v) is 20.6. The molecular weight excluding hydrogens is 446 g/mol. The van der Waals surface area contributed by atoms with Crippen molar-refractivity contribution in [2.45, 2.75) is 69.4 Å². The highest BCUT2D eigenvalue weighted by molar-refractivity contribution is 7.87. The second kappa shape index (κ2) is 11.9. The predicted octanol–water partition coefficient (Wildman–Crippen LogP) is 5.42. The third-order valence-electron chi connectivity index (χ3n) is 6.23. The summed E-state index contributed by atoms with van der Waals surface area (Å²) >= 11 is 0. The maximum atomic E-state index is 12.7. The van der Waals surface area contributed by atoms with Crippen LogP contribution in [0.4, 0.5) is 0 Å². The number of nitrogens with zero attached hydrogens (tertiary/aromatic N) is 1. The standard InChI is InChI=1S/C25H33NO4S.ClH/c1-19(2)31(28,29)30-25(21-13-8-5-9-14-21)18-23-16-10-15-22(26(23)3)17-24(27)20-11-6-4-7-12-20;/h4-9,11-14,19,22-23,25H,10,15-18H2,1-3H3;1H/t22-,23+,25+;/m1./s1. The summed E-state index contributed by atoms with van der Waals surface area (Å²) < 4.78 is 30.7. The normalized spacial score (nSPS) is 20.5. The average Bonchev–Trinajstić information content (AvgIpc) is 2.77. The van der Waals surface area contributed by atoms with E-state index in [-0.39, 0.29) is 30.3 Å². The monoisotopic (exact) mass is 479 g/mol. The van der Waals surface area contributed by atoms with Crippen molar-refractivity contribution in [2.24, 2.45) is 0 Å². The largest absolute Gasteiger partial charge is 0.300 e. The SMILES string of the molecule is CC(C)S(=O)(=O)O[C@@H](C[C@@H]1CCC[C@H](CC(=O)c2ccccc2)N1C)c1ccccc1.Cl. The lowest BCUT2D eigenvalue weighted by Gasteiger charge is -2.41. The molecule has 2 aromatic rings. The molecule has 7 heteroatoms. The second-order valence-electron chi connectivity index (χ2n) is 8.67. The van der Waals surface area contributed by atoms with Gasteiger partial charge in [-0.3, -0.25) is 13.9 Å². The lowest BCUT2D eigenvalue weighted by Crippen LogP contribution is -2.45. The summed E-state index contributed by atoms with van der Waals surface area (Å²) in [6.45, 7) is 3.27. The fourth-order valence-corrected chi connectivity index (χ4v) is 4.94. The van der Waals surface area contributed by atoms with Crippen LogP contribution in [0.5, 0.6) is 0 Å². The number of benzene rings is 2. The molecule has 1 aliphatic heterocycles. The molecule has 0 amide bonds. The lowest BCUT2D eigenvalue weighted by molar-refractivity contribution is 0.0624. The summed E-state index contributed by atoms with van der Waals surface area (Å²) in [6, 6.07) is 19.2. The topological polar surface area (TPSA) is 63.7 Å². The molecule has 3 atom stereocenters. The Kier molecular flexibility index (Phi) is 9.89. The van der Waals surface area contributed by atoms with Crippen LogP contribution in [0.15, 0.2) is 60.7 Å². The third kappa shape index (κ3) is 6.88. The van der Waals surface area contributed by atoms with Gasteiger partial charge in [-0.05, 0) is 45.7 Å². The molecule has 5 nitrogen and oxygen atoms in total. The molecule has 0 N–H and O–H groups in total. The Balaban J connectivity index is 0.00000363. The first kappa shape index (κ1) is 26.5. The molecule has 1 fully saturated rings. The Morgan fingerprint density at radius 2 is 1.56 bits per heavy atom. The van der Waals surface area contributed by atoms with Gasteiger partial charge in [0.25, 0.3) is 10.1 Å². The van der Waals surface area contributed by atoms with Gasteiger partial charge in [0.2, 0.25) is 0 Å². The number of rotatable bonds is 9. The number of Topliss-reactive ketones (excluding diaryl/α,β-unsaturated/α-hetero) is 1. The van der Waals surface area contributed by atoms with E-state index in [0.29, 0.717) is 12.8 Å². The number of ketones is 1. The van der Waals surface area contributed by atoms with E-state index in [1.807, 2.05) is 67.7 Å². The number of hydrogen-bond donors (Lipinski definition) is 0. The Morgan fingerprint density at radius 3 is 2.16 bits per heavy atom. The lowest BCUT2D eigenvalue weighted by atomic mass is 9.88. The Morgan fingerprint density at radius 1 is 1.00 bits per heavy atom. The number of carbonyl (C=O) groups excluding carboxylic acids is 1. The molecule has 0 aliphatic carbocycles. The molecule has 0 bridgehead atoms. The molecule has 0 unspecified atom stereocenters. The molecule has 3 rings (SSSR count). The van der Waals surface area contributed by atoms with Crippen molar-refractivity contribution in [1.82, 2.24) is 4.90 Å². The van der Waals surface area contributed by atoms with Crippen LogP contribution in [0, 0.1) is 0 Å². The van der Waals surface area contributed by atoms with Crippen LogP contribution >= 0.6 is 12.4 Å². The van der Waals surface area contributed by atoms with Gasteiger partial charge in [0.15, 0.2) is 5.78 Å². The van der Waals surface area contributed by atoms with Gasteiger partial charge in [-0.1, -0.05) is 67.1 Å². The van der Waals surface area contributed by atoms with Crippen molar-refractivity contribution in [3.8, 4) is 0 Å². The fraction of sp³-hybridized carbons (Fsp3) is 0.480. The van der Waals surface area contributed by atoms with E-state index in [0.717, 1.165) is 30.4 Å². The Bertz CT molecular complexity index is 950. The van der Waals surface area contributed by atoms with E-state index in [2.05, 4.69) is 4.90 Å². The van der Waals surface area contributed by atoms with E-state index >= 15 is 0 Å². The highest BCUT2D eigenvalue weighted by Gasteiger charge is 2.33. The molecule has 0 saturated carbocycles. The maximum absolute atomic E-state index is 12.7. The summed E-state index contributed by atoms with van der Waals surface area (Å²) in [5, 5.41) is -0.598. The van der Waals surface area contributed by atoms with Crippen molar-refractivity contribution in [2.75, 3.05) is 7.05 Å². The smallest absolute Gasteiger partial charge is 0.270 e. The van der Waals surface area contributed by atoms with Gasteiger partial charge in [-0.15, -0.1) is 12.4 Å². The molecule has 0 aromatic heterocycles. The summed E-state index contributed by atoms with van der Waals surface area (Å²) in [4.78, 5) is 15.0. The van der Waals surface area contributed by atoms with Gasteiger partial charge in [0.05, 0.1) is 5.25 Å². The highest BCUT2D eigenvalue weighted by atomic mass is 35.5. The van der Waals surface area contributed by atoms with Gasteiger partial charge >= 0.3 is 0 Å². The zero-order valence-electron chi connectivity index (χ0n) is 19.0. The van der Waals surface area contributed by atoms with Crippen molar-refractivity contribution >= 4 is 28.3 Å².